The molecule has 0 unspecified atom stereocenters. The van der Waals surface area contributed by atoms with Gasteiger partial charge in [-0.1, -0.05) is 45.8 Å². The third-order valence-electron chi connectivity index (χ3n) is 5.36. The van der Waals surface area contributed by atoms with Crippen LogP contribution in [-0.2, 0) is 14.8 Å². The molecule has 3 aromatic rings. The van der Waals surface area contributed by atoms with Crippen molar-refractivity contribution in [2.75, 3.05) is 18.4 Å². The maximum Gasteiger partial charge on any atom is 0.243 e. The van der Waals surface area contributed by atoms with Gasteiger partial charge in [0.15, 0.2) is 5.13 Å². The van der Waals surface area contributed by atoms with E-state index in [0.29, 0.717) is 36.0 Å². The number of thiazole rings is 1. The molecule has 0 aliphatic carbocycles. The summed E-state index contributed by atoms with van der Waals surface area (Å²) in [6.07, 6.45) is 0.976. The molecule has 2 aromatic carbocycles. The molecular weight excluding hydrogens is 498 g/mol. The van der Waals surface area contributed by atoms with E-state index in [0.717, 1.165) is 21.3 Å². The van der Waals surface area contributed by atoms with Gasteiger partial charge in [0.2, 0.25) is 15.9 Å². The number of benzene rings is 2. The standard InChI is InChI=1S/C22H22BrN3O3S2/c1-15-2-8-19(9-3-15)31(28,29)26-12-10-17(11-13-26)21(27)25-22-24-20(14-30-22)16-4-6-18(23)7-5-16/h2-9,14,17H,10-13H2,1H3,(H,24,25,27). The molecule has 0 radical (unpaired) electrons. The van der Waals surface area contributed by atoms with Crippen LogP contribution >= 0.6 is 27.3 Å². The number of anilines is 1. The maximum absolute atomic E-state index is 12.8. The Morgan fingerprint density at radius 3 is 2.39 bits per heavy atom. The molecule has 1 saturated heterocycles. The van der Waals surface area contributed by atoms with E-state index in [1.807, 2.05) is 36.6 Å². The topological polar surface area (TPSA) is 79.4 Å². The predicted octanol–water partition coefficient (Wildman–Crippen LogP) is 4.92. The summed E-state index contributed by atoms with van der Waals surface area (Å²) in [5, 5.41) is 5.36. The Kier molecular flexibility index (Phi) is 6.57. The van der Waals surface area contributed by atoms with Gasteiger partial charge in [-0.25, -0.2) is 13.4 Å². The van der Waals surface area contributed by atoms with Crippen molar-refractivity contribution in [2.24, 2.45) is 5.92 Å². The lowest BCUT2D eigenvalue weighted by atomic mass is 9.97. The first-order valence-electron chi connectivity index (χ1n) is 9.92. The smallest absolute Gasteiger partial charge is 0.243 e. The molecule has 2 heterocycles. The molecule has 4 rings (SSSR count). The zero-order valence-corrected chi connectivity index (χ0v) is 20.1. The number of amides is 1. The van der Waals surface area contributed by atoms with E-state index < -0.39 is 10.0 Å². The molecule has 31 heavy (non-hydrogen) atoms. The van der Waals surface area contributed by atoms with Crippen LogP contribution in [0.1, 0.15) is 18.4 Å². The normalized spacial score (nSPS) is 15.7. The lowest BCUT2D eigenvalue weighted by Crippen LogP contribution is -2.41. The van der Waals surface area contributed by atoms with Gasteiger partial charge in [-0.2, -0.15) is 4.31 Å². The molecule has 162 valence electrons. The minimum Gasteiger partial charge on any atom is -0.302 e. The van der Waals surface area contributed by atoms with Crippen LogP contribution in [-0.4, -0.2) is 36.7 Å². The van der Waals surface area contributed by atoms with Crippen molar-refractivity contribution >= 4 is 48.3 Å². The number of nitrogens with one attached hydrogen (secondary N) is 1. The molecule has 1 aromatic heterocycles. The molecule has 0 spiro atoms. The fourth-order valence-corrected chi connectivity index (χ4v) is 5.97. The minimum atomic E-state index is -3.53. The third kappa shape index (κ3) is 5.06. The van der Waals surface area contributed by atoms with Crippen LogP contribution in [0.2, 0.25) is 0 Å². The van der Waals surface area contributed by atoms with Crippen LogP contribution in [0.25, 0.3) is 11.3 Å². The van der Waals surface area contributed by atoms with Crippen molar-refractivity contribution in [1.29, 1.82) is 0 Å². The summed E-state index contributed by atoms with van der Waals surface area (Å²) in [7, 11) is -3.53. The monoisotopic (exact) mass is 519 g/mol. The molecule has 1 fully saturated rings. The minimum absolute atomic E-state index is 0.107. The van der Waals surface area contributed by atoms with Gasteiger partial charge in [0.25, 0.3) is 0 Å². The Balaban J connectivity index is 1.35. The Labute approximate surface area is 194 Å². The quantitative estimate of drug-likeness (QED) is 0.518. The van der Waals surface area contributed by atoms with Crippen LogP contribution in [0.15, 0.2) is 63.3 Å². The van der Waals surface area contributed by atoms with E-state index >= 15 is 0 Å². The number of halogens is 1. The fraction of sp³-hybridized carbons (Fsp3) is 0.273. The number of sulfonamides is 1. The lowest BCUT2D eigenvalue weighted by Gasteiger charge is -2.30. The predicted molar refractivity (Wildman–Crippen MR) is 127 cm³/mol. The van der Waals surface area contributed by atoms with Crippen molar-refractivity contribution in [3.63, 3.8) is 0 Å². The van der Waals surface area contributed by atoms with E-state index in [1.54, 1.807) is 24.3 Å². The number of aryl methyl sites for hydroxylation is 1. The van der Waals surface area contributed by atoms with E-state index in [9.17, 15) is 13.2 Å². The van der Waals surface area contributed by atoms with Gasteiger partial charge in [0, 0.05) is 34.4 Å². The van der Waals surface area contributed by atoms with Crippen LogP contribution in [0.5, 0.6) is 0 Å². The Hall–Kier alpha value is -2.07. The number of aromatic nitrogens is 1. The second-order valence-corrected chi connectivity index (χ2v) is 11.2. The van der Waals surface area contributed by atoms with E-state index in [4.69, 9.17) is 0 Å². The van der Waals surface area contributed by atoms with E-state index in [-0.39, 0.29) is 11.8 Å². The summed E-state index contributed by atoms with van der Waals surface area (Å²) in [4.78, 5) is 17.5. The number of rotatable bonds is 5. The summed E-state index contributed by atoms with van der Waals surface area (Å²) in [5.74, 6) is -0.339. The second kappa shape index (κ2) is 9.20. The maximum atomic E-state index is 12.8. The van der Waals surface area contributed by atoms with E-state index in [1.165, 1.54) is 15.6 Å². The zero-order valence-electron chi connectivity index (χ0n) is 16.9. The average molecular weight is 520 g/mol. The number of nitrogens with zero attached hydrogens (tertiary/aromatic N) is 2. The van der Waals surface area contributed by atoms with Crippen molar-refractivity contribution < 1.29 is 13.2 Å². The van der Waals surface area contributed by atoms with Crippen molar-refractivity contribution in [1.82, 2.24) is 9.29 Å². The van der Waals surface area contributed by atoms with Gasteiger partial charge >= 0.3 is 0 Å². The molecule has 0 saturated carbocycles. The molecule has 0 atom stereocenters. The average Bonchev–Trinajstić information content (AvgIpc) is 3.23. The fourth-order valence-electron chi connectivity index (χ4n) is 3.51. The highest BCUT2D eigenvalue weighted by Gasteiger charge is 2.32. The Bertz CT molecular complexity index is 1170. The Morgan fingerprint density at radius 2 is 1.74 bits per heavy atom. The summed E-state index contributed by atoms with van der Waals surface area (Å²) >= 11 is 4.80. The summed E-state index contributed by atoms with van der Waals surface area (Å²) in [5.41, 5.74) is 2.81. The first-order valence-corrected chi connectivity index (χ1v) is 13.0. The molecule has 1 N–H and O–H groups in total. The van der Waals surface area contributed by atoms with Gasteiger partial charge in [0.1, 0.15) is 0 Å². The number of carbonyl (C=O) groups is 1. The highest BCUT2D eigenvalue weighted by Crippen LogP contribution is 2.28. The summed E-state index contributed by atoms with van der Waals surface area (Å²) in [6.45, 7) is 2.58. The highest BCUT2D eigenvalue weighted by atomic mass is 79.9. The van der Waals surface area contributed by atoms with Gasteiger partial charge in [-0.3, -0.25) is 4.79 Å². The number of hydrogen-bond donors (Lipinski definition) is 1. The Morgan fingerprint density at radius 1 is 1.10 bits per heavy atom. The van der Waals surface area contributed by atoms with Crippen LogP contribution < -0.4 is 5.32 Å². The number of carbonyl (C=O) groups excluding carboxylic acids is 1. The first-order chi connectivity index (χ1) is 14.8. The van der Waals surface area contributed by atoms with Gasteiger partial charge in [0.05, 0.1) is 10.6 Å². The lowest BCUT2D eigenvalue weighted by molar-refractivity contribution is -0.120. The van der Waals surface area contributed by atoms with Crippen LogP contribution in [0.3, 0.4) is 0 Å². The molecule has 1 aliphatic rings. The van der Waals surface area contributed by atoms with Crippen molar-refractivity contribution in [2.45, 2.75) is 24.7 Å². The number of hydrogen-bond acceptors (Lipinski definition) is 5. The van der Waals surface area contributed by atoms with Crippen molar-refractivity contribution in [3.8, 4) is 11.3 Å². The molecule has 0 bridgehead atoms. The van der Waals surface area contributed by atoms with Gasteiger partial charge < -0.3 is 5.32 Å². The zero-order chi connectivity index (χ0) is 22.0. The SMILES string of the molecule is Cc1ccc(S(=O)(=O)N2CCC(C(=O)Nc3nc(-c4ccc(Br)cc4)cs3)CC2)cc1. The van der Waals surface area contributed by atoms with Crippen molar-refractivity contribution in [3.05, 3.63) is 63.9 Å². The van der Waals surface area contributed by atoms with Gasteiger partial charge in [-0.15, -0.1) is 11.3 Å². The molecule has 9 heteroatoms. The van der Waals surface area contributed by atoms with Crippen LogP contribution in [0, 0.1) is 12.8 Å². The molecule has 1 amide bonds. The molecule has 6 nitrogen and oxygen atoms in total. The second-order valence-electron chi connectivity index (χ2n) is 7.53. The molecular formula is C22H22BrN3O3S2. The first kappa shape index (κ1) is 22.1. The summed E-state index contributed by atoms with van der Waals surface area (Å²) in [6, 6.07) is 14.7. The van der Waals surface area contributed by atoms with Crippen LogP contribution in [0.4, 0.5) is 5.13 Å². The molecule has 1 aliphatic heterocycles. The van der Waals surface area contributed by atoms with Gasteiger partial charge in [-0.05, 0) is 44.0 Å². The largest absolute Gasteiger partial charge is 0.302 e. The number of piperidine rings is 1. The summed E-state index contributed by atoms with van der Waals surface area (Å²) < 4.78 is 28.1. The highest BCUT2D eigenvalue weighted by molar-refractivity contribution is 9.10. The van der Waals surface area contributed by atoms with E-state index in [2.05, 4.69) is 26.2 Å². The third-order valence-corrected chi connectivity index (χ3v) is 8.56.